The molecular formula is C18H22N2O3S. The summed E-state index contributed by atoms with van der Waals surface area (Å²) in [6.07, 6.45) is 0.839. The number of rotatable bonds is 6. The van der Waals surface area contributed by atoms with Crippen LogP contribution in [0, 0.1) is 13.8 Å². The van der Waals surface area contributed by atoms with Crippen LogP contribution in [0.1, 0.15) is 23.6 Å². The standard InChI is InChI=1S/C18H22N2O3S/c1-4-15-6-8-16(9-7-15)24(22,23)19-12-18(21)20-17-10-5-13(2)11-14(17)3/h5-11,19H,4,12H2,1-3H3,(H,20,21). The summed E-state index contributed by atoms with van der Waals surface area (Å²) in [4.78, 5) is 12.1. The van der Waals surface area contributed by atoms with Crippen LogP contribution in [0.5, 0.6) is 0 Å². The molecule has 0 atom stereocenters. The van der Waals surface area contributed by atoms with Crippen molar-refractivity contribution in [3.8, 4) is 0 Å². The summed E-state index contributed by atoms with van der Waals surface area (Å²) in [5, 5.41) is 2.71. The van der Waals surface area contributed by atoms with Crippen molar-refractivity contribution in [2.24, 2.45) is 0 Å². The molecule has 0 aliphatic rings. The quantitative estimate of drug-likeness (QED) is 0.844. The minimum atomic E-state index is -3.70. The van der Waals surface area contributed by atoms with E-state index in [4.69, 9.17) is 0 Å². The number of benzene rings is 2. The topological polar surface area (TPSA) is 75.3 Å². The molecule has 0 heterocycles. The number of nitrogens with one attached hydrogen (secondary N) is 2. The second kappa shape index (κ2) is 7.59. The first-order valence-electron chi connectivity index (χ1n) is 7.77. The van der Waals surface area contributed by atoms with Gasteiger partial charge in [0.25, 0.3) is 0 Å². The van der Waals surface area contributed by atoms with Gasteiger partial charge in [-0.2, -0.15) is 0 Å². The Morgan fingerprint density at radius 3 is 2.29 bits per heavy atom. The number of carbonyl (C=O) groups excluding carboxylic acids is 1. The molecule has 2 rings (SSSR count). The van der Waals surface area contributed by atoms with Gasteiger partial charge in [0.1, 0.15) is 0 Å². The number of carbonyl (C=O) groups is 1. The lowest BCUT2D eigenvalue weighted by Crippen LogP contribution is -2.33. The van der Waals surface area contributed by atoms with Gasteiger partial charge < -0.3 is 5.32 Å². The summed E-state index contributed by atoms with van der Waals surface area (Å²) in [7, 11) is -3.70. The van der Waals surface area contributed by atoms with Gasteiger partial charge in [-0.25, -0.2) is 13.1 Å². The summed E-state index contributed by atoms with van der Waals surface area (Å²) in [5.74, 6) is -0.407. The van der Waals surface area contributed by atoms with Crippen molar-refractivity contribution in [1.29, 1.82) is 0 Å². The van der Waals surface area contributed by atoms with E-state index in [1.165, 1.54) is 0 Å². The Morgan fingerprint density at radius 1 is 1.04 bits per heavy atom. The van der Waals surface area contributed by atoms with Crippen LogP contribution in [0.2, 0.25) is 0 Å². The van der Waals surface area contributed by atoms with Crippen molar-refractivity contribution in [3.63, 3.8) is 0 Å². The van der Waals surface area contributed by atoms with Crippen LogP contribution in [0.15, 0.2) is 47.4 Å². The molecule has 1 amide bonds. The molecule has 0 aromatic heterocycles. The van der Waals surface area contributed by atoms with Gasteiger partial charge in [0, 0.05) is 5.69 Å². The summed E-state index contributed by atoms with van der Waals surface area (Å²) in [6, 6.07) is 12.3. The molecule has 0 spiro atoms. The molecule has 0 aliphatic carbocycles. The van der Waals surface area contributed by atoms with E-state index < -0.39 is 15.9 Å². The smallest absolute Gasteiger partial charge is 0.241 e. The van der Waals surface area contributed by atoms with E-state index in [0.717, 1.165) is 23.1 Å². The van der Waals surface area contributed by atoms with Crippen molar-refractivity contribution in [2.45, 2.75) is 32.1 Å². The van der Waals surface area contributed by atoms with Gasteiger partial charge in [0.15, 0.2) is 0 Å². The van der Waals surface area contributed by atoms with Gasteiger partial charge >= 0.3 is 0 Å². The first kappa shape index (κ1) is 18.2. The van der Waals surface area contributed by atoms with Crippen LogP contribution in [-0.2, 0) is 21.2 Å². The molecule has 0 fully saturated rings. The zero-order chi connectivity index (χ0) is 17.7. The monoisotopic (exact) mass is 346 g/mol. The summed E-state index contributed by atoms with van der Waals surface area (Å²) in [5.41, 5.74) is 3.77. The molecule has 0 saturated carbocycles. The molecule has 0 radical (unpaired) electrons. The molecule has 0 aliphatic heterocycles. The molecule has 2 aromatic carbocycles. The zero-order valence-electron chi connectivity index (χ0n) is 14.1. The second-order valence-electron chi connectivity index (χ2n) is 5.69. The van der Waals surface area contributed by atoms with Crippen LogP contribution < -0.4 is 10.0 Å². The maximum atomic E-state index is 12.2. The van der Waals surface area contributed by atoms with Gasteiger partial charge in [0.2, 0.25) is 15.9 Å². The van der Waals surface area contributed by atoms with Gasteiger partial charge in [-0.1, -0.05) is 36.8 Å². The first-order chi connectivity index (χ1) is 11.3. The zero-order valence-corrected chi connectivity index (χ0v) is 14.9. The maximum absolute atomic E-state index is 12.2. The predicted octanol–water partition coefficient (Wildman–Crippen LogP) is 2.78. The summed E-state index contributed by atoms with van der Waals surface area (Å²) < 4.78 is 26.7. The van der Waals surface area contributed by atoms with Gasteiger partial charge in [-0.3, -0.25) is 4.79 Å². The van der Waals surface area contributed by atoms with Crippen molar-refractivity contribution < 1.29 is 13.2 Å². The fourth-order valence-electron chi connectivity index (χ4n) is 2.30. The Labute approximate surface area is 143 Å². The van der Waals surface area contributed by atoms with E-state index >= 15 is 0 Å². The SMILES string of the molecule is CCc1ccc(S(=O)(=O)NCC(=O)Nc2ccc(C)cc2C)cc1. The van der Waals surface area contributed by atoms with Crippen LogP contribution in [0.4, 0.5) is 5.69 Å². The number of anilines is 1. The van der Waals surface area contributed by atoms with E-state index in [0.29, 0.717) is 5.69 Å². The first-order valence-corrected chi connectivity index (χ1v) is 9.26. The molecule has 0 saturated heterocycles. The third-order valence-corrected chi connectivity index (χ3v) is 5.14. The lowest BCUT2D eigenvalue weighted by Gasteiger charge is -2.10. The van der Waals surface area contributed by atoms with Crippen molar-refractivity contribution in [1.82, 2.24) is 4.72 Å². The maximum Gasteiger partial charge on any atom is 0.241 e. The predicted molar refractivity (Wildman–Crippen MR) is 95.6 cm³/mol. The Kier molecular flexibility index (Phi) is 5.75. The third-order valence-electron chi connectivity index (χ3n) is 3.72. The number of amides is 1. The molecule has 6 heteroatoms. The molecule has 24 heavy (non-hydrogen) atoms. The molecule has 5 nitrogen and oxygen atoms in total. The van der Waals surface area contributed by atoms with Gasteiger partial charge in [-0.15, -0.1) is 0 Å². The number of sulfonamides is 1. The Hall–Kier alpha value is -2.18. The highest BCUT2D eigenvalue weighted by molar-refractivity contribution is 7.89. The highest BCUT2D eigenvalue weighted by Crippen LogP contribution is 2.16. The Balaban J connectivity index is 1.99. The van der Waals surface area contributed by atoms with E-state index in [1.54, 1.807) is 30.3 Å². The van der Waals surface area contributed by atoms with E-state index in [2.05, 4.69) is 10.0 Å². The normalized spacial score (nSPS) is 11.3. The lowest BCUT2D eigenvalue weighted by molar-refractivity contribution is -0.115. The van der Waals surface area contributed by atoms with Crippen LogP contribution >= 0.6 is 0 Å². The van der Waals surface area contributed by atoms with Gasteiger partial charge in [0.05, 0.1) is 11.4 Å². The fourth-order valence-corrected chi connectivity index (χ4v) is 3.28. The number of hydrogen-bond donors (Lipinski definition) is 2. The highest BCUT2D eigenvalue weighted by atomic mass is 32.2. The van der Waals surface area contributed by atoms with E-state index in [1.807, 2.05) is 32.9 Å². The van der Waals surface area contributed by atoms with Gasteiger partial charge in [-0.05, 0) is 49.6 Å². The Bertz CT molecular complexity index is 828. The molecule has 2 N–H and O–H groups in total. The second-order valence-corrected chi connectivity index (χ2v) is 7.46. The number of aryl methyl sites for hydroxylation is 3. The lowest BCUT2D eigenvalue weighted by atomic mass is 10.1. The highest BCUT2D eigenvalue weighted by Gasteiger charge is 2.15. The summed E-state index contributed by atoms with van der Waals surface area (Å²) >= 11 is 0. The van der Waals surface area contributed by atoms with Crippen LogP contribution in [-0.4, -0.2) is 20.9 Å². The van der Waals surface area contributed by atoms with Crippen molar-refractivity contribution in [3.05, 3.63) is 59.2 Å². The molecule has 0 unspecified atom stereocenters. The van der Waals surface area contributed by atoms with E-state index in [9.17, 15) is 13.2 Å². The Morgan fingerprint density at radius 2 is 1.71 bits per heavy atom. The molecular weight excluding hydrogens is 324 g/mol. The average molecular weight is 346 g/mol. The third kappa shape index (κ3) is 4.66. The average Bonchev–Trinajstić information content (AvgIpc) is 2.56. The van der Waals surface area contributed by atoms with E-state index in [-0.39, 0.29) is 11.4 Å². The molecule has 2 aromatic rings. The van der Waals surface area contributed by atoms with Crippen LogP contribution in [0.25, 0.3) is 0 Å². The van der Waals surface area contributed by atoms with Crippen molar-refractivity contribution in [2.75, 3.05) is 11.9 Å². The summed E-state index contributed by atoms with van der Waals surface area (Å²) in [6.45, 7) is 5.54. The molecule has 128 valence electrons. The fraction of sp³-hybridized carbons (Fsp3) is 0.278. The largest absolute Gasteiger partial charge is 0.325 e. The minimum absolute atomic E-state index is 0.152. The molecule has 0 bridgehead atoms. The van der Waals surface area contributed by atoms with Crippen LogP contribution in [0.3, 0.4) is 0 Å². The van der Waals surface area contributed by atoms with Crippen molar-refractivity contribution >= 4 is 21.6 Å². The minimum Gasteiger partial charge on any atom is -0.325 e. The number of hydrogen-bond acceptors (Lipinski definition) is 3.